The van der Waals surface area contributed by atoms with E-state index < -0.39 is 48.8 Å². The molecule has 11 heteroatoms. The van der Waals surface area contributed by atoms with Crippen LogP contribution in [0.4, 0.5) is 0 Å². The second-order valence-corrected chi connectivity index (χ2v) is 2.90. The molecular formula is C8H10N2O8Zn-2. The van der Waals surface area contributed by atoms with Gasteiger partial charge in [0.2, 0.25) is 0 Å². The van der Waals surface area contributed by atoms with Crippen molar-refractivity contribution in [2.24, 2.45) is 0 Å². The number of carboxylic acids is 4. The van der Waals surface area contributed by atoms with Crippen molar-refractivity contribution >= 4 is 23.9 Å². The van der Waals surface area contributed by atoms with Gasteiger partial charge in [-0.25, -0.2) is 0 Å². The van der Waals surface area contributed by atoms with Crippen molar-refractivity contribution in [3.8, 4) is 0 Å². The Morgan fingerprint density at radius 1 is 0.789 bits per heavy atom. The number of carboxylic acid groups (broad SMARTS) is 4. The zero-order valence-electron chi connectivity index (χ0n) is 11.5. The Morgan fingerprint density at radius 2 is 1.00 bits per heavy atom. The molecule has 19 heavy (non-hydrogen) atoms. The van der Waals surface area contributed by atoms with E-state index in [1.54, 1.807) is 0 Å². The van der Waals surface area contributed by atoms with E-state index in [1.807, 2.05) is 0 Å². The average molecular weight is 328 g/mol. The minimum absolute atomic E-state index is 0. The van der Waals surface area contributed by atoms with Gasteiger partial charge in [0.25, 0.3) is 0 Å². The van der Waals surface area contributed by atoms with Crippen LogP contribution in [0.2, 0.25) is 0 Å². The fourth-order valence-electron chi connectivity index (χ4n) is 0.500. The van der Waals surface area contributed by atoms with Crippen molar-refractivity contribution in [3.63, 3.8) is 0 Å². The molecule has 2 N–H and O–H groups in total. The fraction of sp³-hybridized carbons (Fsp3) is 0.500. The maximum atomic E-state index is 9.65. The van der Waals surface area contributed by atoms with Crippen LogP contribution in [0.25, 0.3) is 11.5 Å². The van der Waals surface area contributed by atoms with Crippen molar-refractivity contribution in [2.75, 3.05) is 0 Å². The standard InChI is InChI=1S/2C4H6NO4.Zn/c2*5-2(4(8)9)1-3(6)7;/h2*2,5H,1H2,(H,6,7)(H,8,9);/q2*-1;+2/p-2. The minimum Gasteiger partial charge on any atom is -0.670 e. The van der Waals surface area contributed by atoms with E-state index >= 15 is 0 Å². The summed E-state index contributed by atoms with van der Waals surface area (Å²) in [6, 6.07) is -3.43. The molecule has 0 saturated heterocycles. The van der Waals surface area contributed by atoms with Gasteiger partial charge < -0.3 is 51.1 Å². The second-order valence-electron chi connectivity index (χ2n) is 2.90. The van der Waals surface area contributed by atoms with Gasteiger partial charge in [-0.05, 0) is 12.8 Å². The molecule has 0 aromatic carbocycles. The number of carbonyl (C=O) groups excluding carboxylic acids is 4. The smallest absolute Gasteiger partial charge is 0.670 e. The Hall–Kier alpha value is -1.58. The van der Waals surface area contributed by atoms with Crippen LogP contribution in [0.15, 0.2) is 0 Å². The van der Waals surface area contributed by atoms with Gasteiger partial charge in [0.05, 0.1) is 0 Å². The molecule has 0 spiro atoms. The van der Waals surface area contributed by atoms with Crippen molar-refractivity contribution in [1.82, 2.24) is 0 Å². The maximum absolute atomic E-state index is 9.65. The fourth-order valence-corrected chi connectivity index (χ4v) is 0.500. The van der Waals surface area contributed by atoms with E-state index in [0.29, 0.717) is 0 Å². The van der Waals surface area contributed by atoms with Gasteiger partial charge in [-0.2, -0.15) is 0 Å². The SMILES string of the molecule is [H+].[H+].[NH-]C(CC(=O)[O-])C(=O)[O-].[NH-]C(CC(=O)[O-])C(=O)[O-].[Zn+2]. The molecule has 2 unspecified atom stereocenters. The summed E-state index contributed by atoms with van der Waals surface area (Å²) < 4.78 is 0. The van der Waals surface area contributed by atoms with Crippen molar-refractivity contribution < 1.29 is 61.9 Å². The van der Waals surface area contributed by atoms with Crippen LogP contribution in [-0.4, -0.2) is 36.0 Å². The zero-order valence-corrected chi connectivity index (χ0v) is 12.5. The summed E-state index contributed by atoms with van der Waals surface area (Å²) in [5.41, 5.74) is 12.9. The molecule has 0 aliphatic carbocycles. The summed E-state index contributed by atoms with van der Waals surface area (Å²) in [5.74, 6) is -6.50. The van der Waals surface area contributed by atoms with Crippen LogP contribution in [-0.2, 0) is 38.7 Å². The van der Waals surface area contributed by atoms with Crippen LogP contribution in [0.1, 0.15) is 15.7 Å². The van der Waals surface area contributed by atoms with Gasteiger partial charge in [0.15, 0.2) is 0 Å². The van der Waals surface area contributed by atoms with E-state index in [1.165, 1.54) is 0 Å². The number of hydrogen-bond donors (Lipinski definition) is 0. The molecule has 10 nitrogen and oxygen atoms in total. The van der Waals surface area contributed by atoms with Crippen molar-refractivity contribution in [2.45, 2.75) is 24.9 Å². The van der Waals surface area contributed by atoms with Gasteiger partial charge in [0.1, 0.15) is 0 Å². The van der Waals surface area contributed by atoms with Crippen LogP contribution in [0.3, 0.4) is 0 Å². The average Bonchev–Trinajstić information content (AvgIpc) is 2.16. The molecule has 104 valence electrons. The topological polar surface area (TPSA) is 208 Å². The molecule has 0 saturated carbocycles. The molecule has 0 fully saturated rings. The minimum atomic E-state index is -1.71. The first-order valence-electron chi connectivity index (χ1n) is 4.31. The summed E-state index contributed by atoms with van der Waals surface area (Å²) >= 11 is 0. The summed E-state index contributed by atoms with van der Waals surface area (Å²) in [5, 5.41) is 38.5. The van der Waals surface area contributed by atoms with Crippen LogP contribution in [0, 0.1) is 0 Å². The van der Waals surface area contributed by atoms with Crippen LogP contribution >= 0.6 is 0 Å². The Bertz CT molecular complexity index is 312. The first kappa shape index (κ1) is 22.6. The first-order chi connectivity index (χ1) is 8.07. The summed E-state index contributed by atoms with van der Waals surface area (Å²) in [7, 11) is 0. The predicted octanol–water partition coefficient (Wildman–Crippen LogP) is -5.18. The number of nitrogens with one attached hydrogen (secondary N) is 2. The normalized spacial score (nSPS) is 11.9. The molecule has 0 rings (SSSR count). The van der Waals surface area contributed by atoms with Crippen LogP contribution < -0.4 is 20.4 Å². The largest absolute Gasteiger partial charge is 2.00 e. The van der Waals surface area contributed by atoms with E-state index in [2.05, 4.69) is 0 Å². The molecule has 0 radical (unpaired) electrons. The van der Waals surface area contributed by atoms with E-state index in [4.69, 9.17) is 11.5 Å². The summed E-state index contributed by atoms with van der Waals surface area (Å²) in [4.78, 5) is 38.5. The molecule has 0 aliphatic heterocycles. The molecular weight excluding hydrogens is 317 g/mol. The number of carbonyl (C=O) groups is 4. The quantitative estimate of drug-likeness (QED) is 0.429. The summed E-state index contributed by atoms with van der Waals surface area (Å²) in [6.45, 7) is 0. The Balaban J connectivity index is -0.0000000711. The molecule has 0 bridgehead atoms. The van der Waals surface area contributed by atoms with Gasteiger partial charge in [0, 0.05) is 23.9 Å². The molecule has 0 heterocycles. The second kappa shape index (κ2) is 11.5. The number of rotatable bonds is 6. The van der Waals surface area contributed by atoms with Gasteiger partial charge in [-0.1, -0.05) is 12.1 Å². The summed E-state index contributed by atoms with van der Waals surface area (Å²) in [6.07, 6.45) is -1.63. The Kier molecular flexibility index (Phi) is 13.7. The van der Waals surface area contributed by atoms with Crippen molar-refractivity contribution in [1.29, 1.82) is 0 Å². The van der Waals surface area contributed by atoms with Gasteiger partial charge in [-0.3, -0.25) is 0 Å². The third-order valence-electron chi connectivity index (χ3n) is 1.31. The van der Waals surface area contributed by atoms with E-state index in [9.17, 15) is 39.6 Å². The van der Waals surface area contributed by atoms with Crippen molar-refractivity contribution in [3.05, 3.63) is 11.5 Å². The number of hydrogen-bond acceptors (Lipinski definition) is 8. The monoisotopic (exact) mass is 326 g/mol. The molecule has 2 atom stereocenters. The number of aliphatic carboxylic acids is 4. The van der Waals surface area contributed by atoms with E-state index in [-0.39, 0.29) is 22.3 Å². The third kappa shape index (κ3) is 16.4. The molecule has 0 aliphatic rings. The van der Waals surface area contributed by atoms with Gasteiger partial charge >= 0.3 is 22.3 Å². The zero-order chi connectivity index (χ0) is 14.9. The van der Waals surface area contributed by atoms with Gasteiger partial charge in [-0.15, -0.1) is 0 Å². The molecule has 0 aromatic heterocycles. The molecule has 0 aromatic rings. The maximum Gasteiger partial charge on any atom is 2.00 e. The Morgan fingerprint density at radius 3 is 1.05 bits per heavy atom. The predicted molar refractivity (Wildman–Crippen MR) is 47.7 cm³/mol. The molecule has 0 amide bonds. The Labute approximate surface area is 123 Å². The third-order valence-corrected chi connectivity index (χ3v) is 1.31. The van der Waals surface area contributed by atoms with Crippen LogP contribution in [0.5, 0.6) is 0 Å². The first-order valence-corrected chi connectivity index (χ1v) is 4.31. The van der Waals surface area contributed by atoms with E-state index in [0.717, 1.165) is 0 Å².